The molecule has 1 fully saturated rings. The topological polar surface area (TPSA) is 119 Å². The molecule has 25 heavy (non-hydrogen) atoms. The summed E-state index contributed by atoms with van der Waals surface area (Å²) in [6.45, 7) is 1.78. The van der Waals surface area contributed by atoms with E-state index in [1.54, 1.807) is 0 Å². The summed E-state index contributed by atoms with van der Waals surface area (Å²) in [5.74, 6) is -0.780. The lowest BCUT2D eigenvalue weighted by atomic mass is 10.1. The Morgan fingerprint density at radius 3 is 2.48 bits per heavy atom. The largest absolute Gasteiger partial charge is 0.496 e. The number of halogens is 1. The third kappa shape index (κ3) is 4.55. The van der Waals surface area contributed by atoms with Gasteiger partial charge in [-0.3, -0.25) is 9.59 Å². The first-order chi connectivity index (χ1) is 11.6. The van der Waals surface area contributed by atoms with Crippen molar-refractivity contribution in [1.82, 2.24) is 10.2 Å². The van der Waals surface area contributed by atoms with Gasteiger partial charge in [0, 0.05) is 19.2 Å². The number of nitrogens with one attached hydrogen (secondary N) is 1. The van der Waals surface area contributed by atoms with Gasteiger partial charge in [0.2, 0.25) is 5.91 Å². The van der Waals surface area contributed by atoms with E-state index in [4.69, 9.17) is 22.1 Å². The van der Waals surface area contributed by atoms with Gasteiger partial charge in [0.1, 0.15) is 11.8 Å². The van der Waals surface area contributed by atoms with E-state index in [0.29, 0.717) is 0 Å². The number of benzene rings is 1. The standard InChI is InChI=1S/C15H20ClN3O5S/c1-9(15(21)19-3-5-25(22,23)6-4-19)18-14(20)10-7-11(16)12(17)8-13(10)24-2/h7-9H,3-6,17H2,1-2H3,(H,18,20). The minimum atomic E-state index is -3.08. The van der Waals surface area contributed by atoms with E-state index in [2.05, 4.69) is 5.32 Å². The third-order valence-electron chi connectivity index (χ3n) is 3.94. The highest BCUT2D eigenvalue weighted by Gasteiger charge is 2.29. The number of hydrogen-bond acceptors (Lipinski definition) is 6. The summed E-state index contributed by atoms with van der Waals surface area (Å²) >= 11 is 5.94. The lowest BCUT2D eigenvalue weighted by Crippen LogP contribution is -2.51. The van der Waals surface area contributed by atoms with E-state index in [1.165, 1.54) is 31.1 Å². The maximum atomic E-state index is 12.4. The molecule has 0 bridgehead atoms. The van der Waals surface area contributed by atoms with Crippen LogP contribution in [0.3, 0.4) is 0 Å². The number of sulfone groups is 1. The fraction of sp³-hybridized carbons (Fsp3) is 0.467. The molecule has 2 rings (SSSR count). The molecule has 1 aromatic rings. The average Bonchev–Trinajstić information content (AvgIpc) is 2.56. The summed E-state index contributed by atoms with van der Waals surface area (Å²) in [6.07, 6.45) is 0. The van der Waals surface area contributed by atoms with Gasteiger partial charge in [-0.15, -0.1) is 0 Å². The summed E-state index contributed by atoms with van der Waals surface area (Å²) in [4.78, 5) is 26.3. The molecule has 0 aliphatic carbocycles. The molecular weight excluding hydrogens is 370 g/mol. The number of carbonyl (C=O) groups is 2. The molecule has 1 saturated heterocycles. The molecule has 0 spiro atoms. The van der Waals surface area contributed by atoms with Gasteiger partial charge in [0.15, 0.2) is 9.84 Å². The first-order valence-electron chi connectivity index (χ1n) is 7.57. The number of amides is 2. The smallest absolute Gasteiger partial charge is 0.255 e. The van der Waals surface area contributed by atoms with Gasteiger partial charge in [-0.25, -0.2) is 8.42 Å². The molecule has 1 aliphatic heterocycles. The second-order valence-corrected chi connectivity index (χ2v) is 8.46. The van der Waals surface area contributed by atoms with Crippen LogP contribution in [-0.2, 0) is 14.6 Å². The third-order valence-corrected chi connectivity index (χ3v) is 5.87. The van der Waals surface area contributed by atoms with Gasteiger partial charge in [0.25, 0.3) is 5.91 Å². The average molecular weight is 390 g/mol. The molecule has 0 radical (unpaired) electrons. The molecule has 0 saturated carbocycles. The van der Waals surface area contributed by atoms with Gasteiger partial charge in [-0.1, -0.05) is 11.6 Å². The van der Waals surface area contributed by atoms with Gasteiger partial charge in [-0.05, 0) is 13.0 Å². The predicted octanol–water partition coefficient (Wildman–Crippen LogP) is 0.306. The number of nitrogen functional groups attached to an aromatic ring is 1. The molecule has 1 heterocycles. The Morgan fingerprint density at radius 2 is 1.92 bits per heavy atom. The van der Waals surface area contributed by atoms with E-state index >= 15 is 0 Å². The zero-order valence-corrected chi connectivity index (χ0v) is 15.5. The monoisotopic (exact) mass is 389 g/mol. The summed E-state index contributed by atoms with van der Waals surface area (Å²) < 4.78 is 28.0. The molecule has 1 aliphatic rings. The Kier molecular flexibility index (Phi) is 5.79. The second-order valence-electron chi connectivity index (χ2n) is 5.75. The van der Waals surface area contributed by atoms with Crippen molar-refractivity contribution in [3.63, 3.8) is 0 Å². The normalized spacial score (nSPS) is 17.6. The number of nitrogens with two attached hydrogens (primary N) is 1. The van der Waals surface area contributed by atoms with Crippen molar-refractivity contribution in [3.05, 3.63) is 22.7 Å². The SMILES string of the molecule is COc1cc(N)c(Cl)cc1C(=O)NC(C)C(=O)N1CCS(=O)(=O)CC1. The van der Waals surface area contributed by atoms with Crippen molar-refractivity contribution in [2.45, 2.75) is 13.0 Å². The number of anilines is 1. The van der Waals surface area contributed by atoms with Crippen LogP contribution >= 0.6 is 11.6 Å². The van der Waals surface area contributed by atoms with Crippen LogP contribution in [0.1, 0.15) is 17.3 Å². The summed E-state index contributed by atoms with van der Waals surface area (Å²) in [5, 5.41) is 2.78. The van der Waals surface area contributed by atoms with Crippen LogP contribution in [0.5, 0.6) is 5.75 Å². The number of rotatable bonds is 4. The number of methoxy groups -OCH3 is 1. The zero-order chi connectivity index (χ0) is 18.8. The van der Waals surface area contributed by atoms with Crippen LogP contribution in [-0.4, -0.2) is 62.9 Å². The molecule has 1 atom stereocenters. The predicted molar refractivity (Wildman–Crippen MR) is 94.6 cm³/mol. The molecule has 0 aromatic heterocycles. The number of carbonyl (C=O) groups excluding carboxylic acids is 2. The Bertz CT molecular complexity index is 783. The van der Waals surface area contributed by atoms with Crippen LogP contribution in [0.2, 0.25) is 5.02 Å². The molecule has 8 nitrogen and oxygen atoms in total. The highest BCUT2D eigenvalue weighted by molar-refractivity contribution is 7.91. The summed E-state index contributed by atoms with van der Waals surface area (Å²) in [5.41, 5.74) is 6.11. The van der Waals surface area contributed by atoms with Gasteiger partial charge < -0.3 is 20.7 Å². The molecule has 138 valence electrons. The van der Waals surface area contributed by atoms with E-state index in [1.807, 2.05) is 0 Å². The fourth-order valence-corrected chi connectivity index (χ4v) is 3.82. The fourth-order valence-electron chi connectivity index (χ4n) is 2.46. The van der Waals surface area contributed by atoms with Crippen molar-refractivity contribution in [3.8, 4) is 5.75 Å². The van der Waals surface area contributed by atoms with Crippen LogP contribution in [0.25, 0.3) is 0 Å². The minimum Gasteiger partial charge on any atom is -0.496 e. The highest BCUT2D eigenvalue weighted by atomic mass is 35.5. The van der Waals surface area contributed by atoms with Crippen LogP contribution in [0.4, 0.5) is 5.69 Å². The van der Waals surface area contributed by atoms with E-state index in [-0.39, 0.29) is 52.5 Å². The Morgan fingerprint density at radius 1 is 1.32 bits per heavy atom. The van der Waals surface area contributed by atoms with Crippen molar-refractivity contribution >= 4 is 38.9 Å². The van der Waals surface area contributed by atoms with Crippen LogP contribution in [0.15, 0.2) is 12.1 Å². The molecule has 10 heteroatoms. The first-order valence-corrected chi connectivity index (χ1v) is 9.77. The van der Waals surface area contributed by atoms with E-state index in [9.17, 15) is 18.0 Å². The van der Waals surface area contributed by atoms with E-state index in [0.717, 1.165) is 0 Å². The van der Waals surface area contributed by atoms with Crippen molar-refractivity contribution in [2.24, 2.45) is 0 Å². The quantitative estimate of drug-likeness (QED) is 0.715. The molecular formula is C15H20ClN3O5S. The Labute approximate surface area is 151 Å². The molecule has 1 unspecified atom stereocenters. The second kappa shape index (κ2) is 7.49. The van der Waals surface area contributed by atoms with Crippen molar-refractivity contribution in [2.75, 3.05) is 37.4 Å². The lowest BCUT2D eigenvalue weighted by Gasteiger charge is -2.29. The summed E-state index contributed by atoms with van der Waals surface area (Å²) in [7, 11) is -1.69. The molecule has 2 amide bonds. The first kappa shape index (κ1) is 19.3. The van der Waals surface area contributed by atoms with Crippen molar-refractivity contribution < 1.29 is 22.7 Å². The van der Waals surface area contributed by atoms with Gasteiger partial charge >= 0.3 is 0 Å². The maximum Gasteiger partial charge on any atom is 0.255 e. The highest BCUT2D eigenvalue weighted by Crippen LogP contribution is 2.28. The molecule has 1 aromatic carbocycles. The summed E-state index contributed by atoms with van der Waals surface area (Å²) in [6, 6.07) is 1.98. The van der Waals surface area contributed by atoms with Gasteiger partial charge in [-0.2, -0.15) is 0 Å². The van der Waals surface area contributed by atoms with Crippen molar-refractivity contribution in [1.29, 1.82) is 0 Å². The molecule has 3 N–H and O–H groups in total. The van der Waals surface area contributed by atoms with E-state index < -0.39 is 21.8 Å². The lowest BCUT2D eigenvalue weighted by molar-refractivity contribution is -0.132. The minimum absolute atomic E-state index is 0.0687. The van der Waals surface area contributed by atoms with Crippen LogP contribution < -0.4 is 15.8 Å². The Hall–Kier alpha value is -2.00. The maximum absolute atomic E-state index is 12.4. The number of nitrogens with zero attached hydrogens (tertiary/aromatic N) is 1. The number of hydrogen-bond donors (Lipinski definition) is 2. The zero-order valence-electron chi connectivity index (χ0n) is 13.9. The number of ether oxygens (including phenoxy) is 1. The van der Waals surface area contributed by atoms with Gasteiger partial charge in [0.05, 0.1) is 34.9 Å². The van der Waals surface area contributed by atoms with Crippen LogP contribution in [0, 0.1) is 0 Å². The Balaban J connectivity index is 2.07.